The fourth-order valence-corrected chi connectivity index (χ4v) is 2.16. The fourth-order valence-electron chi connectivity index (χ4n) is 1.79. The molecule has 0 atom stereocenters. The van der Waals surface area contributed by atoms with Crippen molar-refractivity contribution >= 4 is 40.9 Å². The van der Waals surface area contributed by atoms with E-state index in [0.29, 0.717) is 21.3 Å². The first kappa shape index (κ1) is 16.1. The molecule has 0 N–H and O–H groups in total. The van der Waals surface area contributed by atoms with Crippen LogP contribution in [-0.4, -0.2) is 23.5 Å². The zero-order valence-electron chi connectivity index (χ0n) is 11.2. The SMILES string of the molecule is O=C(c1cccc(Cl)c1)c1cc(Cl)ccc1N=CC[N+](=O)[O-]. The third kappa shape index (κ3) is 4.13. The van der Waals surface area contributed by atoms with Crippen molar-refractivity contribution in [1.29, 1.82) is 0 Å². The van der Waals surface area contributed by atoms with Gasteiger partial charge in [0.25, 0.3) is 0 Å². The monoisotopic (exact) mass is 336 g/mol. The summed E-state index contributed by atoms with van der Waals surface area (Å²) < 4.78 is 0. The molecule has 0 amide bonds. The number of carbonyl (C=O) groups excluding carboxylic acids is 1. The Bertz CT molecular complexity index is 760. The Morgan fingerprint density at radius 1 is 1.18 bits per heavy atom. The third-order valence-electron chi connectivity index (χ3n) is 2.75. The van der Waals surface area contributed by atoms with Gasteiger partial charge in [0.2, 0.25) is 6.54 Å². The molecule has 0 aliphatic heterocycles. The molecule has 0 aliphatic rings. The second-order valence-corrected chi connectivity index (χ2v) is 5.20. The number of nitrogens with zero attached hydrogens (tertiary/aromatic N) is 2. The maximum Gasteiger partial charge on any atom is 0.238 e. The van der Waals surface area contributed by atoms with Crippen LogP contribution in [0.1, 0.15) is 15.9 Å². The van der Waals surface area contributed by atoms with E-state index in [1.54, 1.807) is 24.3 Å². The van der Waals surface area contributed by atoms with Gasteiger partial charge in [-0.3, -0.25) is 19.9 Å². The number of aliphatic imine (C=N–C) groups is 1. The number of ketones is 1. The predicted molar refractivity (Wildman–Crippen MR) is 86.3 cm³/mol. The summed E-state index contributed by atoms with van der Waals surface area (Å²) in [7, 11) is 0. The summed E-state index contributed by atoms with van der Waals surface area (Å²) in [5.41, 5.74) is 0.964. The van der Waals surface area contributed by atoms with Gasteiger partial charge in [-0.05, 0) is 30.3 Å². The van der Waals surface area contributed by atoms with E-state index in [0.717, 1.165) is 6.21 Å². The van der Waals surface area contributed by atoms with Crippen LogP contribution in [0.25, 0.3) is 0 Å². The number of rotatable bonds is 5. The van der Waals surface area contributed by atoms with Crippen LogP contribution < -0.4 is 0 Å². The van der Waals surface area contributed by atoms with E-state index in [1.165, 1.54) is 18.2 Å². The van der Waals surface area contributed by atoms with E-state index < -0.39 is 11.5 Å². The quantitative estimate of drug-likeness (QED) is 0.355. The van der Waals surface area contributed by atoms with Crippen molar-refractivity contribution < 1.29 is 9.72 Å². The molecule has 0 radical (unpaired) electrons. The molecule has 0 aliphatic carbocycles. The number of nitro groups is 1. The summed E-state index contributed by atoms with van der Waals surface area (Å²) >= 11 is 11.8. The highest BCUT2D eigenvalue weighted by molar-refractivity contribution is 6.32. The summed E-state index contributed by atoms with van der Waals surface area (Å²) in [5, 5.41) is 11.1. The van der Waals surface area contributed by atoms with E-state index in [4.69, 9.17) is 23.2 Å². The van der Waals surface area contributed by atoms with Gasteiger partial charge in [-0.15, -0.1) is 0 Å². The molecule has 0 heterocycles. The minimum absolute atomic E-state index is 0.259. The summed E-state index contributed by atoms with van der Waals surface area (Å²) in [6.07, 6.45) is 1.14. The van der Waals surface area contributed by atoms with Crippen LogP contribution in [0, 0.1) is 10.1 Å². The highest BCUT2D eigenvalue weighted by Crippen LogP contribution is 2.26. The zero-order valence-corrected chi connectivity index (χ0v) is 12.7. The number of hydrogen-bond donors (Lipinski definition) is 0. The molecule has 7 heteroatoms. The van der Waals surface area contributed by atoms with Crippen molar-refractivity contribution in [3.05, 3.63) is 73.8 Å². The third-order valence-corrected chi connectivity index (χ3v) is 3.22. The molecular formula is C15H10Cl2N2O3. The van der Waals surface area contributed by atoms with Gasteiger partial charge in [-0.25, -0.2) is 0 Å². The molecule has 2 aromatic rings. The normalized spacial score (nSPS) is 10.8. The molecule has 0 fully saturated rings. The first-order chi connectivity index (χ1) is 10.5. The molecule has 5 nitrogen and oxygen atoms in total. The molecular weight excluding hydrogens is 327 g/mol. The summed E-state index contributed by atoms with van der Waals surface area (Å²) in [6, 6.07) is 11.1. The molecule has 0 spiro atoms. The largest absolute Gasteiger partial charge is 0.289 e. The summed E-state index contributed by atoms with van der Waals surface area (Å²) in [6.45, 7) is -0.423. The first-order valence-electron chi connectivity index (χ1n) is 6.21. The van der Waals surface area contributed by atoms with E-state index in [2.05, 4.69) is 4.99 Å². The molecule has 112 valence electrons. The smallest absolute Gasteiger partial charge is 0.238 e. The lowest BCUT2D eigenvalue weighted by atomic mass is 10.0. The highest BCUT2D eigenvalue weighted by atomic mass is 35.5. The Morgan fingerprint density at radius 2 is 1.91 bits per heavy atom. The van der Waals surface area contributed by atoms with E-state index in [1.807, 2.05) is 0 Å². The van der Waals surface area contributed by atoms with Gasteiger partial charge in [0.15, 0.2) is 5.78 Å². The minimum Gasteiger partial charge on any atom is -0.289 e. The van der Waals surface area contributed by atoms with Crippen LogP contribution in [-0.2, 0) is 0 Å². The molecule has 0 saturated carbocycles. The molecule has 2 aromatic carbocycles. The van der Waals surface area contributed by atoms with Gasteiger partial charge in [0.05, 0.1) is 11.9 Å². The Morgan fingerprint density at radius 3 is 2.59 bits per heavy atom. The lowest BCUT2D eigenvalue weighted by Crippen LogP contribution is -2.03. The standard InChI is InChI=1S/C15H10Cl2N2O3/c16-11-3-1-2-10(8-11)15(20)13-9-12(17)4-5-14(13)18-6-7-19(21)22/h1-6,8-9H,7H2. The predicted octanol–water partition coefficient (Wildman–Crippen LogP) is 4.20. The van der Waals surface area contributed by atoms with Crippen molar-refractivity contribution in [2.45, 2.75) is 0 Å². The molecule has 0 aromatic heterocycles. The second-order valence-electron chi connectivity index (χ2n) is 4.33. The molecule has 22 heavy (non-hydrogen) atoms. The van der Waals surface area contributed by atoms with Crippen molar-refractivity contribution in [2.24, 2.45) is 4.99 Å². The number of carbonyl (C=O) groups is 1. The molecule has 0 unspecified atom stereocenters. The number of benzene rings is 2. The second kappa shape index (κ2) is 7.15. The summed E-state index contributed by atoms with van der Waals surface area (Å²) in [5.74, 6) is -0.307. The fraction of sp³-hybridized carbons (Fsp3) is 0.0667. The Kier molecular flexibility index (Phi) is 5.25. The van der Waals surface area contributed by atoms with Crippen LogP contribution in [0.5, 0.6) is 0 Å². The van der Waals surface area contributed by atoms with Crippen LogP contribution >= 0.6 is 23.2 Å². The molecule has 0 bridgehead atoms. The summed E-state index contributed by atoms with van der Waals surface area (Å²) in [4.78, 5) is 26.3. The van der Waals surface area contributed by atoms with Gasteiger partial charge >= 0.3 is 0 Å². The van der Waals surface area contributed by atoms with Crippen molar-refractivity contribution in [3.8, 4) is 0 Å². The maximum atomic E-state index is 12.5. The van der Waals surface area contributed by atoms with Crippen molar-refractivity contribution in [1.82, 2.24) is 0 Å². The lowest BCUT2D eigenvalue weighted by molar-refractivity contribution is -0.462. The van der Waals surface area contributed by atoms with Gasteiger partial charge in [0.1, 0.15) is 0 Å². The van der Waals surface area contributed by atoms with Crippen LogP contribution in [0.3, 0.4) is 0 Å². The Labute approximate surface area is 136 Å². The Balaban J connectivity index is 2.40. The van der Waals surface area contributed by atoms with Crippen LogP contribution in [0.4, 0.5) is 5.69 Å². The van der Waals surface area contributed by atoms with E-state index in [-0.39, 0.29) is 11.3 Å². The minimum atomic E-state index is -0.516. The number of hydrogen-bond acceptors (Lipinski definition) is 4. The zero-order chi connectivity index (χ0) is 16.1. The van der Waals surface area contributed by atoms with E-state index in [9.17, 15) is 14.9 Å². The van der Waals surface area contributed by atoms with Crippen molar-refractivity contribution in [2.75, 3.05) is 6.54 Å². The highest BCUT2D eigenvalue weighted by Gasteiger charge is 2.14. The average Bonchev–Trinajstić information content (AvgIpc) is 2.47. The van der Waals surface area contributed by atoms with Crippen molar-refractivity contribution in [3.63, 3.8) is 0 Å². The topological polar surface area (TPSA) is 72.6 Å². The lowest BCUT2D eigenvalue weighted by Gasteiger charge is -2.06. The van der Waals surface area contributed by atoms with Gasteiger partial charge < -0.3 is 0 Å². The first-order valence-corrected chi connectivity index (χ1v) is 6.97. The van der Waals surface area contributed by atoms with Crippen LogP contribution in [0.15, 0.2) is 47.5 Å². The van der Waals surface area contributed by atoms with E-state index >= 15 is 0 Å². The van der Waals surface area contributed by atoms with Gasteiger partial charge in [-0.1, -0.05) is 35.3 Å². The van der Waals surface area contributed by atoms with Gasteiger partial charge in [0, 0.05) is 26.1 Å². The average molecular weight is 337 g/mol. The van der Waals surface area contributed by atoms with Crippen LogP contribution in [0.2, 0.25) is 10.0 Å². The molecule has 0 saturated heterocycles. The van der Waals surface area contributed by atoms with Gasteiger partial charge in [-0.2, -0.15) is 0 Å². The molecule has 2 rings (SSSR count). The maximum absolute atomic E-state index is 12.5. The number of halogens is 2. The Hall–Kier alpha value is -2.24.